The molecule has 0 amide bonds. The molecule has 0 spiro atoms. The number of halogens is 1. The lowest BCUT2D eigenvalue weighted by molar-refractivity contribution is 0.278. The first kappa shape index (κ1) is 10.2. The molecular formula is C11H10ClNO2. The normalized spacial score (nSPS) is 10.6. The van der Waals surface area contributed by atoms with Crippen molar-refractivity contribution < 1.29 is 9.63 Å². The summed E-state index contributed by atoms with van der Waals surface area (Å²) in [7, 11) is 0. The van der Waals surface area contributed by atoms with Crippen LogP contribution in [0.15, 0.2) is 28.8 Å². The fourth-order valence-corrected chi connectivity index (χ4v) is 1.54. The summed E-state index contributed by atoms with van der Waals surface area (Å²) in [4.78, 5) is 0. The van der Waals surface area contributed by atoms with Crippen LogP contribution in [0.2, 0.25) is 5.02 Å². The van der Waals surface area contributed by atoms with Crippen LogP contribution in [0.25, 0.3) is 11.3 Å². The van der Waals surface area contributed by atoms with E-state index in [9.17, 15) is 5.11 Å². The standard InChI is InChI=1S/C11H10ClNO2/c1-7-10(6-14)11(13-15-7)8-2-4-9(12)5-3-8/h2-5,14H,6H2,1H3. The third-order valence-corrected chi connectivity index (χ3v) is 2.51. The van der Waals surface area contributed by atoms with Crippen LogP contribution < -0.4 is 0 Å². The third kappa shape index (κ3) is 1.89. The lowest BCUT2D eigenvalue weighted by Gasteiger charge is -1.98. The second-order valence-electron chi connectivity index (χ2n) is 3.23. The van der Waals surface area contributed by atoms with Crippen molar-refractivity contribution in [2.45, 2.75) is 13.5 Å². The minimum Gasteiger partial charge on any atom is -0.391 e. The lowest BCUT2D eigenvalue weighted by atomic mass is 10.1. The van der Waals surface area contributed by atoms with E-state index in [0.717, 1.165) is 11.1 Å². The number of nitrogens with zero attached hydrogens (tertiary/aromatic N) is 1. The second-order valence-corrected chi connectivity index (χ2v) is 3.67. The fourth-order valence-electron chi connectivity index (χ4n) is 1.41. The minimum atomic E-state index is -0.0761. The lowest BCUT2D eigenvalue weighted by Crippen LogP contribution is -1.87. The van der Waals surface area contributed by atoms with Gasteiger partial charge < -0.3 is 9.63 Å². The Labute approximate surface area is 92.3 Å². The number of hydrogen-bond donors (Lipinski definition) is 1. The predicted molar refractivity (Wildman–Crippen MR) is 57.6 cm³/mol. The molecule has 0 atom stereocenters. The molecule has 0 saturated carbocycles. The molecule has 0 radical (unpaired) electrons. The van der Waals surface area contributed by atoms with Gasteiger partial charge in [-0.3, -0.25) is 0 Å². The highest BCUT2D eigenvalue weighted by atomic mass is 35.5. The highest BCUT2D eigenvalue weighted by molar-refractivity contribution is 6.30. The Morgan fingerprint density at radius 1 is 1.33 bits per heavy atom. The molecule has 0 aliphatic heterocycles. The molecule has 0 bridgehead atoms. The number of aryl methyl sites for hydroxylation is 1. The molecule has 2 aromatic rings. The highest BCUT2D eigenvalue weighted by Crippen LogP contribution is 2.26. The van der Waals surface area contributed by atoms with Crippen molar-refractivity contribution in [2.24, 2.45) is 0 Å². The van der Waals surface area contributed by atoms with Crippen LogP contribution in [0.4, 0.5) is 0 Å². The van der Waals surface area contributed by atoms with Gasteiger partial charge >= 0.3 is 0 Å². The molecular weight excluding hydrogens is 214 g/mol. The summed E-state index contributed by atoms with van der Waals surface area (Å²) in [5, 5.41) is 13.8. The molecule has 0 aliphatic carbocycles. The number of rotatable bonds is 2. The van der Waals surface area contributed by atoms with E-state index in [0.29, 0.717) is 16.5 Å². The minimum absolute atomic E-state index is 0.0761. The van der Waals surface area contributed by atoms with Gasteiger partial charge in [0.1, 0.15) is 11.5 Å². The van der Waals surface area contributed by atoms with E-state index < -0.39 is 0 Å². The fraction of sp³-hybridized carbons (Fsp3) is 0.182. The number of aliphatic hydroxyl groups excluding tert-OH is 1. The van der Waals surface area contributed by atoms with E-state index in [-0.39, 0.29) is 6.61 Å². The first-order valence-corrected chi connectivity index (χ1v) is 4.92. The van der Waals surface area contributed by atoms with Crippen LogP contribution in [0.1, 0.15) is 11.3 Å². The SMILES string of the molecule is Cc1onc(-c2ccc(Cl)cc2)c1CO. The Bertz CT molecular complexity index is 462. The van der Waals surface area contributed by atoms with Crippen LogP contribution in [0.3, 0.4) is 0 Å². The van der Waals surface area contributed by atoms with Crippen molar-refractivity contribution in [3.05, 3.63) is 40.6 Å². The maximum atomic E-state index is 9.18. The zero-order valence-electron chi connectivity index (χ0n) is 8.20. The number of hydrogen-bond acceptors (Lipinski definition) is 3. The first-order chi connectivity index (χ1) is 7.22. The summed E-state index contributed by atoms with van der Waals surface area (Å²) >= 11 is 5.78. The molecule has 0 unspecified atom stereocenters. The van der Waals surface area contributed by atoms with Crippen molar-refractivity contribution in [1.82, 2.24) is 5.16 Å². The molecule has 0 fully saturated rings. The van der Waals surface area contributed by atoms with Gasteiger partial charge in [0, 0.05) is 16.1 Å². The third-order valence-electron chi connectivity index (χ3n) is 2.26. The summed E-state index contributed by atoms with van der Waals surface area (Å²) in [5.74, 6) is 0.641. The van der Waals surface area contributed by atoms with E-state index in [1.54, 1.807) is 19.1 Å². The average Bonchev–Trinajstić information content (AvgIpc) is 2.61. The van der Waals surface area contributed by atoms with Crippen LogP contribution in [0, 0.1) is 6.92 Å². The van der Waals surface area contributed by atoms with Crippen LogP contribution in [-0.4, -0.2) is 10.3 Å². The highest BCUT2D eigenvalue weighted by Gasteiger charge is 2.13. The van der Waals surface area contributed by atoms with Gasteiger partial charge in [-0.1, -0.05) is 28.9 Å². The van der Waals surface area contributed by atoms with Gasteiger partial charge in [-0.2, -0.15) is 0 Å². The predicted octanol–water partition coefficient (Wildman–Crippen LogP) is 2.80. The molecule has 1 heterocycles. The van der Waals surface area contributed by atoms with Crippen molar-refractivity contribution in [2.75, 3.05) is 0 Å². The van der Waals surface area contributed by atoms with E-state index in [4.69, 9.17) is 16.1 Å². The molecule has 0 aliphatic rings. The van der Waals surface area contributed by atoms with Crippen molar-refractivity contribution in [3.8, 4) is 11.3 Å². The molecule has 2 rings (SSSR count). The van der Waals surface area contributed by atoms with Crippen LogP contribution in [0.5, 0.6) is 0 Å². The Morgan fingerprint density at radius 3 is 2.60 bits per heavy atom. The summed E-state index contributed by atoms with van der Waals surface area (Å²) < 4.78 is 5.03. The van der Waals surface area contributed by atoms with Gasteiger partial charge in [0.15, 0.2) is 0 Å². The largest absolute Gasteiger partial charge is 0.391 e. The van der Waals surface area contributed by atoms with Crippen LogP contribution in [-0.2, 0) is 6.61 Å². The van der Waals surface area contributed by atoms with E-state index >= 15 is 0 Å². The summed E-state index contributed by atoms with van der Waals surface area (Å²) in [6.07, 6.45) is 0. The number of benzene rings is 1. The Balaban J connectivity index is 2.49. The molecule has 1 aromatic heterocycles. The first-order valence-electron chi connectivity index (χ1n) is 4.54. The maximum absolute atomic E-state index is 9.18. The van der Waals surface area contributed by atoms with E-state index in [1.165, 1.54) is 0 Å². The number of aromatic nitrogens is 1. The molecule has 1 N–H and O–H groups in total. The molecule has 3 nitrogen and oxygen atoms in total. The zero-order chi connectivity index (χ0) is 10.8. The van der Waals surface area contributed by atoms with Gasteiger partial charge in [0.05, 0.1) is 6.61 Å². The quantitative estimate of drug-likeness (QED) is 0.852. The Morgan fingerprint density at radius 2 is 2.00 bits per heavy atom. The smallest absolute Gasteiger partial charge is 0.139 e. The molecule has 15 heavy (non-hydrogen) atoms. The average molecular weight is 224 g/mol. The van der Waals surface area contributed by atoms with Gasteiger partial charge in [0.2, 0.25) is 0 Å². The zero-order valence-corrected chi connectivity index (χ0v) is 8.95. The maximum Gasteiger partial charge on any atom is 0.139 e. The summed E-state index contributed by atoms with van der Waals surface area (Å²) in [5.41, 5.74) is 2.28. The van der Waals surface area contributed by atoms with E-state index in [1.807, 2.05) is 12.1 Å². The van der Waals surface area contributed by atoms with Gasteiger partial charge in [0.25, 0.3) is 0 Å². The summed E-state index contributed by atoms with van der Waals surface area (Å²) in [6, 6.07) is 7.25. The summed E-state index contributed by atoms with van der Waals surface area (Å²) in [6.45, 7) is 1.70. The van der Waals surface area contributed by atoms with Gasteiger partial charge in [-0.25, -0.2) is 0 Å². The van der Waals surface area contributed by atoms with Crippen molar-refractivity contribution in [3.63, 3.8) is 0 Å². The van der Waals surface area contributed by atoms with Crippen molar-refractivity contribution in [1.29, 1.82) is 0 Å². The molecule has 1 aromatic carbocycles. The molecule has 0 saturated heterocycles. The van der Waals surface area contributed by atoms with Gasteiger partial charge in [-0.15, -0.1) is 0 Å². The Kier molecular flexibility index (Phi) is 2.75. The Hall–Kier alpha value is -1.32. The van der Waals surface area contributed by atoms with Gasteiger partial charge in [-0.05, 0) is 19.1 Å². The monoisotopic (exact) mass is 223 g/mol. The van der Waals surface area contributed by atoms with E-state index in [2.05, 4.69) is 5.16 Å². The topological polar surface area (TPSA) is 46.3 Å². The molecule has 78 valence electrons. The molecule has 4 heteroatoms. The van der Waals surface area contributed by atoms with Crippen LogP contribution >= 0.6 is 11.6 Å². The number of aliphatic hydroxyl groups is 1. The second kappa shape index (κ2) is 4.04. The van der Waals surface area contributed by atoms with Crippen molar-refractivity contribution >= 4 is 11.6 Å².